The third-order valence-corrected chi connectivity index (χ3v) is 5.18. The van der Waals surface area contributed by atoms with Gasteiger partial charge in [-0.3, -0.25) is 4.99 Å². The van der Waals surface area contributed by atoms with Gasteiger partial charge in [0.25, 0.3) is 0 Å². The predicted octanol–water partition coefficient (Wildman–Crippen LogP) is 6.02. The maximum absolute atomic E-state index is 6.06. The highest BCUT2D eigenvalue weighted by molar-refractivity contribution is 7.12. The molecule has 0 spiro atoms. The lowest BCUT2D eigenvalue weighted by Gasteiger charge is -2.10. The molecule has 0 saturated heterocycles. The second-order valence-electron chi connectivity index (χ2n) is 6.27. The first-order valence-electron chi connectivity index (χ1n) is 8.21. The van der Waals surface area contributed by atoms with Crippen LogP contribution >= 0.6 is 22.9 Å². The van der Waals surface area contributed by atoms with Crippen LogP contribution in [0.5, 0.6) is 0 Å². The number of rotatable bonds is 5. The molecule has 0 fully saturated rings. The van der Waals surface area contributed by atoms with E-state index < -0.39 is 0 Å². The summed E-state index contributed by atoms with van der Waals surface area (Å²) in [5, 5.41) is 9.07. The molecule has 132 valence electrons. The zero-order valence-corrected chi connectivity index (χ0v) is 17.2. The lowest BCUT2D eigenvalue weighted by Crippen LogP contribution is -2.09. The second-order valence-corrected chi connectivity index (χ2v) is 8.13. The van der Waals surface area contributed by atoms with Crippen LogP contribution in [0.25, 0.3) is 0 Å². The molecule has 25 heavy (non-hydrogen) atoms. The molecule has 0 saturated carbocycles. The second kappa shape index (κ2) is 8.54. The molecule has 3 nitrogen and oxygen atoms in total. The summed E-state index contributed by atoms with van der Waals surface area (Å²) in [5.74, 6) is 0. The summed E-state index contributed by atoms with van der Waals surface area (Å²) in [6.45, 7) is 12.8. The summed E-state index contributed by atoms with van der Waals surface area (Å²) >= 11 is 7.87. The quantitative estimate of drug-likeness (QED) is 0.454. The third-order valence-electron chi connectivity index (χ3n) is 3.80. The number of thiophene rings is 1. The van der Waals surface area contributed by atoms with Gasteiger partial charge in [-0.15, -0.1) is 11.3 Å². The van der Waals surface area contributed by atoms with Gasteiger partial charge in [0, 0.05) is 31.6 Å². The van der Waals surface area contributed by atoms with Crippen molar-refractivity contribution in [2.24, 2.45) is 15.2 Å². The highest BCUT2D eigenvalue weighted by Gasteiger charge is 2.16. The van der Waals surface area contributed by atoms with Gasteiger partial charge in [-0.25, -0.2) is 0 Å². The minimum Gasteiger partial charge on any atom is -0.278 e. The van der Waals surface area contributed by atoms with Crippen molar-refractivity contribution in [3.05, 3.63) is 55.7 Å². The Balaban J connectivity index is 2.49. The van der Waals surface area contributed by atoms with Gasteiger partial charge in [-0.2, -0.15) is 10.2 Å². The SMILES string of the molecule is CC(C)=N/N=C(\C)C/N=C(/c1ccc(Cl)cc1)c1c(C)sc(C)c1C. The Hall–Kier alpha value is -1.78. The Kier molecular flexibility index (Phi) is 6.68. The molecule has 0 atom stereocenters. The monoisotopic (exact) mass is 373 g/mol. The van der Waals surface area contributed by atoms with Crippen molar-refractivity contribution in [2.45, 2.75) is 41.5 Å². The zero-order chi connectivity index (χ0) is 18.6. The van der Waals surface area contributed by atoms with E-state index in [1.807, 2.05) is 56.4 Å². The number of benzene rings is 1. The van der Waals surface area contributed by atoms with Crippen molar-refractivity contribution in [3.63, 3.8) is 0 Å². The summed E-state index contributed by atoms with van der Waals surface area (Å²) in [6, 6.07) is 7.85. The Labute approximate surface area is 159 Å². The highest BCUT2D eigenvalue weighted by Crippen LogP contribution is 2.29. The molecule has 0 aliphatic heterocycles. The van der Waals surface area contributed by atoms with E-state index in [4.69, 9.17) is 16.6 Å². The first kappa shape index (κ1) is 19.5. The Morgan fingerprint density at radius 2 is 1.60 bits per heavy atom. The molecular weight excluding hydrogens is 350 g/mol. The lowest BCUT2D eigenvalue weighted by molar-refractivity contribution is 1.16. The molecule has 2 aromatic rings. The number of halogens is 1. The fraction of sp³-hybridized carbons (Fsp3) is 0.350. The summed E-state index contributed by atoms with van der Waals surface area (Å²) in [7, 11) is 0. The number of nitrogens with zero attached hydrogens (tertiary/aromatic N) is 3. The number of aryl methyl sites for hydroxylation is 2. The molecule has 0 unspecified atom stereocenters. The minimum absolute atomic E-state index is 0.516. The van der Waals surface area contributed by atoms with E-state index in [-0.39, 0.29) is 0 Å². The van der Waals surface area contributed by atoms with Gasteiger partial charge < -0.3 is 0 Å². The van der Waals surface area contributed by atoms with Crippen molar-refractivity contribution in [1.82, 2.24) is 0 Å². The lowest BCUT2D eigenvalue weighted by atomic mass is 9.98. The highest BCUT2D eigenvalue weighted by atomic mass is 35.5. The van der Waals surface area contributed by atoms with Crippen LogP contribution in [0.3, 0.4) is 0 Å². The third kappa shape index (κ3) is 5.10. The first-order valence-corrected chi connectivity index (χ1v) is 9.40. The molecule has 0 bridgehead atoms. The molecule has 5 heteroatoms. The molecule has 0 aliphatic rings. The maximum Gasteiger partial charge on any atom is 0.0795 e. The topological polar surface area (TPSA) is 37.1 Å². The van der Waals surface area contributed by atoms with Crippen molar-refractivity contribution in [3.8, 4) is 0 Å². The Bertz CT molecular complexity index is 839. The normalized spacial score (nSPS) is 12.4. The van der Waals surface area contributed by atoms with E-state index in [0.29, 0.717) is 6.54 Å². The van der Waals surface area contributed by atoms with Gasteiger partial charge in [-0.1, -0.05) is 23.7 Å². The molecule has 0 radical (unpaired) electrons. The van der Waals surface area contributed by atoms with Crippen LogP contribution in [-0.2, 0) is 0 Å². The van der Waals surface area contributed by atoms with Crippen LogP contribution in [0.1, 0.15) is 47.2 Å². The molecule has 0 N–H and O–H groups in total. The van der Waals surface area contributed by atoms with Crippen molar-refractivity contribution in [1.29, 1.82) is 0 Å². The minimum atomic E-state index is 0.516. The van der Waals surface area contributed by atoms with E-state index >= 15 is 0 Å². The fourth-order valence-corrected chi connectivity index (χ4v) is 3.67. The fourth-order valence-electron chi connectivity index (χ4n) is 2.47. The maximum atomic E-state index is 6.06. The molecule has 1 aromatic carbocycles. The van der Waals surface area contributed by atoms with Gasteiger partial charge in [0.05, 0.1) is 18.0 Å². The van der Waals surface area contributed by atoms with Crippen LogP contribution in [0, 0.1) is 20.8 Å². The number of aliphatic imine (C=N–C) groups is 1. The number of hydrogen-bond donors (Lipinski definition) is 0. The van der Waals surface area contributed by atoms with Crippen molar-refractivity contribution < 1.29 is 0 Å². The molecule has 2 rings (SSSR count). The van der Waals surface area contributed by atoms with Gasteiger partial charge in [0.15, 0.2) is 0 Å². The molecule has 1 heterocycles. The van der Waals surface area contributed by atoms with Gasteiger partial charge in [0.1, 0.15) is 0 Å². The zero-order valence-electron chi connectivity index (χ0n) is 15.6. The van der Waals surface area contributed by atoms with E-state index in [9.17, 15) is 0 Å². The van der Waals surface area contributed by atoms with Crippen LogP contribution in [0.2, 0.25) is 5.02 Å². The van der Waals surface area contributed by atoms with Gasteiger partial charge >= 0.3 is 0 Å². The molecular formula is C20H24ClN3S. The predicted molar refractivity (Wildman–Crippen MR) is 112 cm³/mol. The van der Waals surface area contributed by atoms with E-state index in [1.165, 1.54) is 20.9 Å². The van der Waals surface area contributed by atoms with Gasteiger partial charge in [0.2, 0.25) is 0 Å². The van der Waals surface area contributed by atoms with Crippen LogP contribution in [-0.4, -0.2) is 23.7 Å². The number of hydrogen-bond acceptors (Lipinski definition) is 4. The summed E-state index contributed by atoms with van der Waals surface area (Å²) < 4.78 is 0. The molecule has 1 aromatic heterocycles. The summed E-state index contributed by atoms with van der Waals surface area (Å²) in [4.78, 5) is 7.49. The van der Waals surface area contributed by atoms with Crippen molar-refractivity contribution in [2.75, 3.05) is 6.54 Å². The van der Waals surface area contributed by atoms with E-state index in [0.717, 1.165) is 27.7 Å². The Morgan fingerprint density at radius 1 is 0.960 bits per heavy atom. The largest absolute Gasteiger partial charge is 0.278 e. The summed E-state index contributed by atoms with van der Waals surface area (Å²) in [6.07, 6.45) is 0. The van der Waals surface area contributed by atoms with E-state index in [2.05, 4.69) is 31.0 Å². The van der Waals surface area contributed by atoms with Gasteiger partial charge in [-0.05, 0) is 59.2 Å². The van der Waals surface area contributed by atoms with E-state index in [1.54, 1.807) is 0 Å². The molecule has 0 aliphatic carbocycles. The average molecular weight is 374 g/mol. The standard InChI is InChI=1S/C20H24ClN3S/c1-12(2)23-24-13(3)11-22-20(17-7-9-18(21)10-8-17)19-14(4)15(5)25-16(19)6/h7-10H,11H2,1-6H3/b22-20-,24-13+. The van der Waals surface area contributed by atoms with Crippen molar-refractivity contribution >= 4 is 40.1 Å². The molecule has 0 amide bonds. The Morgan fingerprint density at radius 3 is 2.12 bits per heavy atom. The average Bonchev–Trinajstić information content (AvgIpc) is 2.81. The first-order chi connectivity index (χ1) is 11.8. The smallest absolute Gasteiger partial charge is 0.0795 e. The van der Waals surface area contributed by atoms with Crippen LogP contribution in [0.4, 0.5) is 0 Å². The summed E-state index contributed by atoms with van der Waals surface area (Å²) in [5.41, 5.74) is 6.37. The van der Waals surface area contributed by atoms with Crippen LogP contribution < -0.4 is 0 Å². The van der Waals surface area contributed by atoms with Crippen LogP contribution in [0.15, 0.2) is 39.5 Å².